The minimum absolute atomic E-state index is 1.47. The van der Waals surface area contributed by atoms with E-state index in [1.165, 1.54) is 0 Å². The smallest absolute Gasteiger partial charge is 0.260 e. The predicted octanol–water partition coefficient (Wildman–Crippen LogP) is 0.804. The Bertz CT molecular complexity index is 455. The number of hydrogen-bond donors (Lipinski definition) is 0. The summed E-state index contributed by atoms with van der Waals surface area (Å²) in [5.74, 6) is -2.94. The molecule has 0 fully saturated rings. The fourth-order valence-electron chi connectivity index (χ4n) is 0.635. The van der Waals surface area contributed by atoms with Gasteiger partial charge in [0.05, 0.1) is 11.5 Å². The number of rotatable bonds is 7. The molecule has 0 N–H and O–H groups in total. The largest absolute Gasteiger partial charge is 0.413 e. The fraction of sp³-hybridized carbons (Fsp3) is 1.00. The van der Waals surface area contributed by atoms with Crippen LogP contribution in [0.3, 0.4) is 0 Å². The second kappa shape index (κ2) is 6.44. The Balaban J connectivity index is 4.39. The molecule has 20 heavy (non-hydrogen) atoms. The summed E-state index contributed by atoms with van der Waals surface area (Å²) >= 11 is 0. The molecule has 0 saturated heterocycles. The zero-order valence-electron chi connectivity index (χ0n) is 9.36. The second-order valence-corrected chi connectivity index (χ2v) is 6.80. The third kappa shape index (κ3) is 11.2. The Kier molecular flexibility index (Phi) is 6.25. The average molecular weight is 354 g/mol. The lowest BCUT2D eigenvalue weighted by Crippen LogP contribution is -2.27. The Hall–Kier alpha value is -0.600. The Labute approximate surface area is 109 Å². The third-order valence-corrected chi connectivity index (χ3v) is 4.01. The normalized spacial score (nSPS) is 14.5. The van der Waals surface area contributed by atoms with Gasteiger partial charge in [-0.3, -0.25) is 8.37 Å². The molecule has 0 atom stereocenters. The van der Waals surface area contributed by atoms with Gasteiger partial charge in [0.1, 0.15) is 0 Å². The topological polar surface area (TPSA) is 86.7 Å². The first-order chi connectivity index (χ1) is 8.62. The van der Waals surface area contributed by atoms with Crippen LogP contribution in [0.2, 0.25) is 0 Å². The van der Waals surface area contributed by atoms with Crippen molar-refractivity contribution in [3.63, 3.8) is 0 Å². The summed E-state index contributed by atoms with van der Waals surface area (Å²) < 4.78 is 120. The van der Waals surface area contributed by atoms with Crippen LogP contribution in [0, 0.1) is 0 Å². The predicted molar refractivity (Wildman–Crippen MR) is 51.6 cm³/mol. The Morgan fingerprint density at radius 3 is 1.10 bits per heavy atom. The minimum Gasteiger partial charge on any atom is -0.260 e. The van der Waals surface area contributed by atoms with Crippen molar-refractivity contribution in [1.82, 2.24) is 0 Å². The summed E-state index contributed by atoms with van der Waals surface area (Å²) in [7, 11) is -9.72. The van der Waals surface area contributed by atoms with Crippen molar-refractivity contribution in [1.29, 1.82) is 0 Å². The van der Waals surface area contributed by atoms with Gasteiger partial charge in [0.25, 0.3) is 20.2 Å². The minimum atomic E-state index is -4.96. The van der Waals surface area contributed by atoms with Crippen molar-refractivity contribution < 1.29 is 51.5 Å². The van der Waals surface area contributed by atoms with Gasteiger partial charge in [-0.2, -0.15) is 43.2 Å². The van der Waals surface area contributed by atoms with Gasteiger partial charge in [-0.05, 0) is 0 Å². The van der Waals surface area contributed by atoms with Crippen LogP contribution in [0.4, 0.5) is 26.3 Å². The van der Waals surface area contributed by atoms with E-state index >= 15 is 0 Å². The third-order valence-electron chi connectivity index (χ3n) is 1.39. The lowest BCUT2D eigenvalue weighted by molar-refractivity contribution is -0.153. The summed E-state index contributed by atoms with van der Waals surface area (Å²) in [4.78, 5) is 0. The first-order valence-electron chi connectivity index (χ1n) is 4.50. The van der Waals surface area contributed by atoms with Crippen LogP contribution in [0.15, 0.2) is 0 Å². The molecule has 0 aromatic carbocycles. The van der Waals surface area contributed by atoms with Crippen LogP contribution in [-0.4, -0.2) is 53.9 Å². The van der Waals surface area contributed by atoms with Gasteiger partial charge in [0, 0.05) is 0 Å². The van der Waals surface area contributed by atoms with E-state index in [4.69, 9.17) is 0 Å². The van der Waals surface area contributed by atoms with Crippen LogP contribution in [0.1, 0.15) is 0 Å². The molecule has 0 heterocycles. The zero-order valence-corrected chi connectivity index (χ0v) is 11.0. The molecular weight excluding hydrogens is 346 g/mol. The van der Waals surface area contributed by atoms with Crippen molar-refractivity contribution in [3.8, 4) is 0 Å². The highest BCUT2D eigenvalue weighted by molar-refractivity contribution is 7.90. The molecule has 0 aromatic rings. The highest BCUT2D eigenvalue weighted by Gasteiger charge is 2.33. The molecule has 6 nitrogen and oxygen atoms in total. The quantitative estimate of drug-likeness (QED) is 0.497. The summed E-state index contributed by atoms with van der Waals surface area (Å²) in [5.41, 5.74) is 0. The van der Waals surface area contributed by atoms with Gasteiger partial charge in [0.15, 0.2) is 13.2 Å². The lowest BCUT2D eigenvalue weighted by Gasteiger charge is -2.09. The number of halogens is 6. The number of alkyl halides is 6. The zero-order chi connectivity index (χ0) is 16.2. The fourth-order valence-corrected chi connectivity index (χ4v) is 3.13. The highest BCUT2D eigenvalue weighted by atomic mass is 32.2. The summed E-state index contributed by atoms with van der Waals surface area (Å²) in [6.45, 7) is -4.34. The molecule has 0 radical (unpaired) electrons. The number of hydrogen-bond acceptors (Lipinski definition) is 6. The van der Waals surface area contributed by atoms with E-state index < -0.39 is 57.3 Å². The van der Waals surface area contributed by atoms with E-state index in [1.54, 1.807) is 0 Å². The molecule has 0 amide bonds. The van der Waals surface area contributed by atoms with Gasteiger partial charge in [-0.1, -0.05) is 0 Å². The van der Waals surface area contributed by atoms with Crippen LogP contribution in [-0.2, 0) is 28.6 Å². The van der Waals surface area contributed by atoms with Crippen molar-refractivity contribution in [2.24, 2.45) is 0 Å². The molecule has 0 rings (SSSR count). The molecule has 0 aliphatic carbocycles. The molecule has 14 heteroatoms. The first-order valence-corrected chi connectivity index (χ1v) is 7.65. The van der Waals surface area contributed by atoms with E-state index in [0.717, 1.165) is 0 Å². The van der Waals surface area contributed by atoms with E-state index in [1.807, 2.05) is 0 Å². The van der Waals surface area contributed by atoms with E-state index in [9.17, 15) is 43.2 Å². The first kappa shape index (κ1) is 19.4. The van der Waals surface area contributed by atoms with Gasteiger partial charge in [-0.15, -0.1) is 0 Å². The van der Waals surface area contributed by atoms with Crippen LogP contribution >= 0.6 is 0 Å². The van der Waals surface area contributed by atoms with Crippen LogP contribution in [0.5, 0.6) is 0 Å². The highest BCUT2D eigenvalue weighted by Crippen LogP contribution is 2.17. The molecule has 0 saturated carbocycles. The SMILES string of the molecule is O=S(=O)(CCS(=O)(=O)OCC(F)(F)F)OCC(F)(F)F. The Morgan fingerprint density at radius 2 is 0.900 bits per heavy atom. The maximum Gasteiger partial charge on any atom is 0.413 e. The Morgan fingerprint density at radius 1 is 0.650 bits per heavy atom. The molecule has 0 aromatic heterocycles. The van der Waals surface area contributed by atoms with Gasteiger partial charge >= 0.3 is 12.4 Å². The van der Waals surface area contributed by atoms with Gasteiger partial charge in [0.2, 0.25) is 0 Å². The maximum atomic E-state index is 11.7. The van der Waals surface area contributed by atoms with Crippen molar-refractivity contribution in [2.75, 3.05) is 24.7 Å². The standard InChI is InChI=1S/C6H8F6O6S2/c7-5(8,9)3-17-19(13,14)1-2-20(15,16)18-4-6(10,11)12/h1-4H2. The van der Waals surface area contributed by atoms with Gasteiger partial charge < -0.3 is 0 Å². The lowest BCUT2D eigenvalue weighted by atomic mass is 10.7. The molecule has 0 spiro atoms. The van der Waals surface area contributed by atoms with E-state index in [-0.39, 0.29) is 0 Å². The average Bonchev–Trinajstić information content (AvgIpc) is 2.20. The summed E-state index contributed by atoms with van der Waals surface area (Å²) in [6.07, 6.45) is -9.92. The molecule has 122 valence electrons. The van der Waals surface area contributed by atoms with Crippen molar-refractivity contribution in [3.05, 3.63) is 0 Å². The molecule has 0 aliphatic rings. The summed E-state index contributed by atoms with van der Waals surface area (Å²) in [6, 6.07) is 0. The molecular formula is C6H8F6O6S2. The van der Waals surface area contributed by atoms with Crippen molar-refractivity contribution >= 4 is 20.2 Å². The second-order valence-electron chi connectivity index (χ2n) is 3.28. The van der Waals surface area contributed by atoms with E-state index in [0.29, 0.717) is 0 Å². The van der Waals surface area contributed by atoms with Gasteiger partial charge in [-0.25, -0.2) is 0 Å². The summed E-state index contributed by atoms with van der Waals surface area (Å²) in [5, 5.41) is 0. The molecule has 0 bridgehead atoms. The van der Waals surface area contributed by atoms with Crippen LogP contribution < -0.4 is 0 Å². The van der Waals surface area contributed by atoms with Crippen molar-refractivity contribution in [2.45, 2.75) is 12.4 Å². The van der Waals surface area contributed by atoms with E-state index in [2.05, 4.69) is 8.37 Å². The molecule has 0 aliphatic heterocycles. The monoisotopic (exact) mass is 354 g/mol. The van der Waals surface area contributed by atoms with Crippen LogP contribution in [0.25, 0.3) is 0 Å². The maximum absolute atomic E-state index is 11.7. The molecule has 0 unspecified atom stereocenters.